The number of anilines is 2. The summed E-state index contributed by atoms with van der Waals surface area (Å²) in [6.07, 6.45) is 0.678. The Labute approximate surface area is 190 Å². The van der Waals surface area contributed by atoms with Crippen LogP contribution < -0.4 is 19.7 Å². The average Bonchev–Trinajstić information content (AvgIpc) is 3.22. The van der Waals surface area contributed by atoms with Crippen LogP contribution in [0, 0.1) is 6.92 Å². The first-order chi connectivity index (χ1) is 15.8. The number of methoxy groups -OCH3 is 1. The standard InChI is InChI=1S/C22H21N5O5S/c1-14-13-19(32-2)24-21(23-14)25-22(29)26-33(30,31)18-10-6-4-8-16(18)20(28)27-12-11-15-7-3-5-9-17(15)27/h3-10,13H,11-12H2,1-2H3,(H2,23,24,25,26,29). The van der Waals surface area contributed by atoms with E-state index in [-0.39, 0.29) is 22.3 Å². The minimum absolute atomic E-state index is 0.0389. The summed E-state index contributed by atoms with van der Waals surface area (Å²) < 4.78 is 32.9. The van der Waals surface area contributed by atoms with Gasteiger partial charge in [0, 0.05) is 24.0 Å². The molecule has 10 nitrogen and oxygen atoms in total. The fraction of sp³-hybridized carbons (Fsp3) is 0.182. The normalized spacial score (nSPS) is 12.7. The van der Waals surface area contributed by atoms with E-state index in [2.05, 4.69) is 15.3 Å². The van der Waals surface area contributed by atoms with Crippen molar-refractivity contribution in [2.75, 3.05) is 23.9 Å². The van der Waals surface area contributed by atoms with E-state index in [1.165, 1.54) is 30.2 Å². The third kappa shape index (κ3) is 4.62. The fourth-order valence-corrected chi connectivity index (χ4v) is 4.68. The highest BCUT2D eigenvalue weighted by Crippen LogP contribution is 2.30. The Bertz CT molecular complexity index is 1340. The lowest BCUT2D eigenvalue weighted by Crippen LogP contribution is -2.37. The summed E-state index contributed by atoms with van der Waals surface area (Å²) in [4.78, 5) is 34.9. The van der Waals surface area contributed by atoms with Crippen molar-refractivity contribution in [2.45, 2.75) is 18.2 Å². The number of para-hydroxylation sites is 1. The minimum atomic E-state index is -4.38. The Hall–Kier alpha value is -3.99. The van der Waals surface area contributed by atoms with Gasteiger partial charge in [-0.15, -0.1) is 0 Å². The molecule has 0 bridgehead atoms. The minimum Gasteiger partial charge on any atom is -0.481 e. The molecule has 0 atom stereocenters. The molecule has 2 heterocycles. The molecular formula is C22H21N5O5S. The Kier molecular flexibility index (Phi) is 5.97. The number of carbonyl (C=O) groups excluding carboxylic acids is 2. The number of ether oxygens (including phenoxy) is 1. The lowest BCUT2D eigenvalue weighted by atomic mass is 10.1. The van der Waals surface area contributed by atoms with Gasteiger partial charge in [-0.1, -0.05) is 30.3 Å². The predicted molar refractivity (Wildman–Crippen MR) is 121 cm³/mol. The Morgan fingerprint density at radius 2 is 1.79 bits per heavy atom. The van der Waals surface area contributed by atoms with Crippen LogP contribution in [0.5, 0.6) is 5.88 Å². The summed E-state index contributed by atoms with van der Waals surface area (Å²) >= 11 is 0. The highest BCUT2D eigenvalue weighted by atomic mass is 32.2. The molecule has 33 heavy (non-hydrogen) atoms. The molecule has 3 amide bonds. The van der Waals surface area contributed by atoms with E-state index >= 15 is 0 Å². The van der Waals surface area contributed by atoms with Gasteiger partial charge in [0.2, 0.25) is 11.8 Å². The van der Waals surface area contributed by atoms with Crippen molar-refractivity contribution in [3.8, 4) is 5.88 Å². The van der Waals surface area contributed by atoms with E-state index in [9.17, 15) is 18.0 Å². The number of nitrogens with zero attached hydrogens (tertiary/aromatic N) is 3. The van der Waals surface area contributed by atoms with Crippen LogP contribution in [-0.4, -0.2) is 44.0 Å². The SMILES string of the molecule is COc1cc(C)nc(NC(=O)NS(=O)(=O)c2ccccc2C(=O)N2CCc3ccccc32)n1. The zero-order valence-corrected chi connectivity index (χ0v) is 18.7. The maximum atomic E-state index is 13.3. The molecule has 2 aromatic carbocycles. The summed E-state index contributed by atoms with van der Waals surface area (Å²) in [5.74, 6) is -0.381. The highest BCUT2D eigenvalue weighted by Gasteiger charge is 2.30. The van der Waals surface area contributed by atoms with Gasteiger partial charge in [-0.05, 0) is 37.1 Å². The fourth-order valence-electron chi connectivity index (χ4n) is 3.58. The van der Waals surface area contributed by atoms with Crippen molar-refractivity contribution in [3.63, 3.8) is 0 Å². The lowest BCUT2D eigenvalue weighted by Gasteiger charge is -2.19. The molecule has 0 fully saturated rings. The van der Waals surface area contributed by atoms with Crippen LogP contribution in [-0.2, 0) is 16.4 Å². The van der Waals surface area contributed by atoms with Crippen LogP contribution in [0.15, 0.2) is 59.5 Å². The molecule has 0 spiro atoms. The third-order valence-electron chi connectivity index (χ3n) is 5.03. The second kappa shape index (κ2) is 8.87. The maximum Gasteiger partial charge on any atom is 0.335 e. The summed E-state index contributed by atoms with van der Waals surface area (Å²) in [5, 5.41) is 2.27. The zero-order valence-electron chi connectivity index (χ0n) is 17.9. The molecule has 4 rings (SSSR count). The van der Waals surface area contributed by atoms with Gasteiger partial charge in [0.05, 0.1) is 12.7 Å². The summed E-state index contributed by atoms with van der Waals surface area (Å²) in [7, 11) is -2.98. The molecule has 1 aromatic heterocycles. The van der Waals surface area contributed by atoms with Crippen molar-refractivity contribution >= 4 is 33.6 Å². The summed E-state index contributed by atoms with van der Waals surface area (Å²) in [5.41, 5.74) is 2.23. The second-order valence-electron chi connectivity index (χ2n) is 7.27. The van der Waals surface area contributed by atoms with Crippen molar-refractivity contribution in [1.82, 2.24) is 14.7 Å². The first-order valence-corrected chi connectivity index (χ1v) is 11.5. The smallest absolute Gasteiger partial charge is 0.335 e. The lowest BCUT2D eigenvalue weighted by molar-refractivity contribution is 0.0986. The van der Waals surface area contributed by atoms with Crippen molar-refractivity contribution in [2.24, 2.45) is 0 Å². The molecule has 2 N–H and O–H groups in total. The first kappa shape index (κ1) is 22.2. The number of nitrogens with one attached hydrogen (secondary N) is 2. The van der Waals surface area contributed by atoms with Crippen LogP contribution in [0.4, 0.5) is 16.4 Å². The van der Waals surface area contributed by atoms with Crippen LogP contribution >= 0.6 is 0 Å². The van der Waals surface area contributed by atoms with Gasteiger partial charge < -0.3 is 9.64 Å². The highest BCUT2D eigenvalue weighted by molar-refractivity contribution is 7.90. The van der Waals surface area contributed by atoms with E-state index in [1.807, 2.05) is 29.0 Å². The average molecular weight is 468 g/mol. The Balaban J connectivity index is 1.57. The van der Waals surface area contributed by atoms with Crippen LogP contribution in [0.1, 0.15) is 21.6 Å². The molecular weight excluding hydrogens is 446 g/mol. The molecule has 3 aromatic rings. The molecule has 170 valence electrons. The van der Waals surface area contributed by atoms with E-state index in [0.717, 1.165) is 11.3 Å². The van der Waals surface area contributed by atoms with Gasteiger partial charge in [-0.2, -0.15) is 4.98 Å². The Morgan fingerprint density at radius 1 is 1.06 bits per heavy atom. The maximum absolute atomic E-state index is 13.3. The third-order valence-corrected chi connectivity index (χ3v) is 6.42. The van der Waals surface area contributed by atoms with Gasteiger partial charge in [0.15, 0.2) is 0 Å². The van der Waals surface area contributed by atoms with Crippen LogP contribution in [0.2, 0.25) is 0 Å². The molecule has 0 radical (unpaired) electrons. The number of benzene rings is 2. The van der Waals surface area contributed by atoms with E-state index in [4.69, 9.17) is 4.74 Å². The molecule has 11 heteroatoms. The number of aromatic nitrogens is 2. The predicted octanol–water partition coefficient (Wildman–Crippen LogP) is 2.51. The number of hydrogen-bond acceptors (Lipinski definition) is 7. The molecule has 0 aliphatic carbocycles. The van der Waals surface area contributed by atoms with E-state index < -0.39 is 22.0 Å². The zero-order chi connectivity index (χ0) is 23.6. The monoisotopic (exact) mass is 467 g/mol. The van der Waals surface area contributed by atoms with Gasteiger partial charge in [-0.3, -0.25) is 10.1 Å². The van der Waals surface area contributed by atoms with Gasteiger partial charge >= 0.3 is 6.03 Å². The molecule has 1 aliphatic heterocycles. The van der Waals surface area contributed by atoms with Gasteiger partial charge in [0.1, 0.15) is 4.90 Å². The summed E-state index contributed by atoms with van der Waals surface area (Å²) in [6, 6.07) is 13.7. The first-order valence-electron chi connectivity index (χ1n) is 10.0. The topological polar surface area (TPSA) is 131 Å². The number of aryl methyl sites for hydroxylation is 1. The summed E-state index contributed by atoms with van der Waals surface area (Å²) in [6.45, 7) is 2.11. The van der Waals surface area contributed by atoms with Crippen LogP contribution in [0.3, 0.4) is 0 Å². The molecule has 0 saturated carbocycles. The largest absolute Gasteiger partial charge is 0.481 e. The van der Waals surface area contributed by atoms with Gasteiger partial charge in [-0.25, -0.2) is 22.9 Å². The van der Waals surface area contributed by atoms with E-state index in [0.29, 0.717) is 18.7 Å². The molecule has 0 unspecified atom stereocenters. The number of amides is 3. The quantitative estimate of drug-likeness (QED) is 0.589. The number of fused-ring (bicyclic) bond motifs is 1. The van der Waals surface area contributed by atoms with Crippen molar-refractivity contribution in [1.29, 1.82) is 0 Å². The van der Waals surface area contributed by atoms with Crippen molar-refractivity contribution in [3.05, 3.63) is 71.4 Å². The second-order valence-corrected chi connectivity index (χ2v) is 8.92. The molecule has 0 saturated heterocycles. The van der Waals surface area contributed by atoms with Crippen molar-refractivity contribution < 1.29 is 22.7 Å². The number of rotatable bonds is 5. The number of urea groups is 1. The Morgan fingerprint density at radius 3 is 2.58 bits per heavy atom. The van der Waals surface area contributed by atoms with E-state index in [1.54, 1.807) is 19.1 Å². The number of hydrogen-bond donors (Lipinski definition) is 2. The van der Waals surface area contributed by atoms with Gasteiger partial charge in [0.25, 0.3) is 15.9 Å². The van der Waals surface area contributed by atoms with Crippen LogP contribution in [0.25, 0.3) is 0 Å². The molecule has 1 aliphatic rings. The number of sulfonamides is 1. The number of carbonyl (C=O) groups is 2.